The molecule has 0 fully saturated rings. The number of nitrogens with one attached hydrogen (secondary N) is 2. The summed E-state index contributed by atoms with van der Waals surface area (Å²) in [5.41, 5.74) is 4.33. The molecule has 2 aromatic heterocycles. The molecule has 0 spiro atoms. The summed E-state index contributed by atoms with van der Waals surface area (Å²) in [5, 5.41) is 5.51. The second kappa shape index (κ2) is 8.13. The Morgan fingerprint density at radius 3 is 2.13 bits per heavy atom. The molecule has 0 radical (unpaired) electrons. The van der Waals surface area contributed by atoms with Crippen molar-refractivity contribution in [1.29, 1.82) is 0 Å². The summed E-state index contributed by atoms with van der Waals surface area (Å²) in [4.78, 5) is 24.7. The summed E-state index contributed by atoms with van der Waals surface area (Å²) in [6.45, 7) is 4.08. The maximum absolute atomic E-state index is 12.6. The highest BCUT2D eigenvalue weighted by Gasteiger charge is 2.14. The Morgan fingerprint density at radius 1 is 0.733 bits per heavy atom. The van der Waals surface area contributed by atoms with Crippen molar-refractivity contribution in [3.05, 3.63) is 95.6 Å². The Morgan fingerprint density at radius 2 is 1.47 bits per heavy atom. The lowest BCUT2D eigenvalue weighted by atomic mass is 10.1. The fourth-order valence-electron chi connectivity index (χ4n) is 2.98. The summed E-state index contributed by atoms with van der Waals surface area (Å²) in [5.74, 6) is 0.294. The van der Waals surface area contributed by atoms with Crippen LogP contribution in [0.2, 0.25) is 0 Å². The summed E-state index contributed by atoms with van der Waals surface area (Å²) in [7, 11) is 0. The van der Waals surface area contributed by atoms with E-state index in [1.54, 1.807) is 48.5 Å². The van der Waals surface area contributed by atoms with Crippen molar-refractivity contribution < 1.29 is 18.4 Å². The zero-order chi connectivity index (χ0) is 21.1. The molecule has 30 heavy (non-hydrogen) atoms. The van der Waals surface area contributed by atoms with Crippen LogP contribution >= 0.6 is 0 Å². The lowest BCUT2D eigenvalue weighted by molar-refractivity contribution is 0.0990. The Labute approximate surface area is 173 Å². The van der Waals surface area contributed by atoms with Gasteiger partial charge in [0.1, 0.15) is 5.76 Å². The Hall–Kier alpha value is -4.06. The third kappa shape index (κ3) is 4.17. The molecule has 0 aliphatic rings. The molecule has 2 aromatic carbocycles. The molecule has 6 heteroatoms. The van der Waals surface area contributed by atoms with E-state index >= 15 is 0 Å². The van der Waals surface area contributed by atoms with Gasteiger partial charge in [-0.15, -0.1) is 0 Å². The van der Waals surface area contributed by atoms with Crippen LogP contribution in [-0.2, 0) is 0 Å². The smallest absolute Gasteiger partial charge is 0.291 e. The van der Waals surface area contributed by atoms with Crippen LogP contribution in [0.25, 0.3) is 11.3 Å². The second-order valence-electron chi connectivity index (χ2n) is 6.93. The van der Waals surface area contributed by atoms with Gasteiger partial charge >= 0.3 is 0 Å². The molecular formula is C24H20N2O4. The van der Waals surface area contributed by atoms with Crippen molar-refractivity contribution in [2.24, 2.45) is 0 Å². The molecule has 6 nitrogen and oxygen atoms in total. The van der Waals surface area contributed by atoms with Crippen molar-refractivity contribution in [3.8, 4) is 11.3 Å². The number of carbonyl (C=O) groups excluding carboxylic acids is 2. The number of benzene rings is 2. The first-order valence-corrected chi connectivity index (χ1v) is 9.43. The van der Waals surface area contributed by atoms with E-state index in [0.29, 0.717) is 17.1 Å². The minimum Gasteiger partial charge on any atom is -0.459 e. The van der Waals surface area contributed by atoms with Crippen LogP contribution < -0.4 is 10.6 Å². The standard InChI is InChI=1S/C24H20N2O4/c1-15-8-9-17(13-16(15)2)20-10-11-22(30-20)24(28)26-19-6-3-5-18(14-19)25-23(27)21-7-4-12-29-21/h3-14H,1-2H3,(H,25,27)(H,26,28). The van der Waals surface area contributed by atoms with Crippen LogP contribution in [0.3, 0.4) is 0 Å². The van der Waals surface area contributed by atoms with Crippen LogP contribution in [-0.4, -0.2) is 11.8 Å². The van der Waals surface area contributed by atoms with Gasteiger partial charge in [-0.25, -0.2) is 0 Å². The van der Waals surface area contributed by atoms with E-state index in [9.17, 15) is 9.59 Å². The van der Waals surface area contributed by atoms with Gasteiger partial charge < -0.3 is 19.5 Å². The van der Waals surface area contributed by atoms with Crippen molar-refractivity contribution in [2.45, 2.75) is 13.8 Å². The van der Waals surface area contributed by atoms with Gasteiger partial charge in [-0.05, 0) is 73.5 Å². The number of amides is 2. The van der Waals surface area contributed by atoms with Gasteiger partial charge in [0.2, 0.25) is 0 Å². The summed E-state index contributed by atoms with van der Waals surface area (Å²) in [6, 6.07) is 19.5. The molecule has 0 unspecified atom stereocenters. The van der Waals surface area contributed by atoms with Crippen LogP contribution in [0.4, 0.5) is 11.4 Å². The maximum atomic E-state index is 12.6. The average Bonchev–Trinajstić information content (AvgIpc) is 3.43. The van der Waals surface area contributed by atoms with Gasteiger partial charge in [0.15, 0.2) is 11.5 Å². The number of carbonyl (C=O) groups is 2. The number of hydrogen-bond acceptors (Lipinski definition) is 4. The zero-order valence-electron chi connectivity index (χ0n) is 16.6. The van der Waals surface area contributed by atoms with Gasteiger partial charge in [0.25, 0.3) is 11.8 Å². The number of aryl methyl sites for hydroxylation is 2. The fraction of sp³-hybridized carbons (Fsp3) is 0.0833. The molecule has 0 bridgehead atoms. The van der Waals surface area contributed by atoms with E-state index in [-0.39, 0.29) is 23.3 Å². The molecule has 0 aliphatic heterocycles. The molecule has 0 aliphatic carbocycles. The second-order valence-corrected chi connectivity index (χ2v) is 6.93. The molecule has 0 saturated heterocycles. The molecule has 0 atom stereocenters. The lowest BCUT2D eigenvalue weighted by Crippen LogP contribution is -2.13. The van der Waals surface area contributed by atoms with Crippen LogP contribution in [0.15, 0.2) is 81.8 Å². The first-order chi connectivity index (χ1) is 14.5. The van der Waals surface area contributed by atoms with Gasteiger partial charge in [-0.3, -0.25) is 9.59 Å². The van der Waals surface area contributed by atoms with Crippen LogP contribution in [0.5, 0.6) is 0 Å². The van der Waals surface area contributed by atoms with E-state index in [4.69, 9.17) is 8.83 Å². The Balaban J connectivity index is 1.46. The topological polar surface area (TPSA) is 84.5 Å². The number of anilines is 2. The first-order valence-electron chi connectivity index (χ1n) is 9.43. The van der Waals surface area contributed by atoms with E-state index in [1.165, 1.54) is 11.8 Å². The predicted molar refractivity (Wildman–Crippen MR) is 115 cm³/mol. The van der Waals surface area contributed by atoms with E-state index < -0.39 is 0 Å². The summed E-state index contributed by atoms with van der Waals surface area (Å²) < 4.78 is 10.8. The minimum atomic E-state index is -0.375. The van der Waals surface area contributed by atoms with E-state index in [1.807, 2.05) is 32.0 Å². The minimum absolute atomic E-state index is 0.202. The molecule has 2 heterocycles. The SMILES string of the molecule is Cc1ccc(-c2ccc(C(=O)Nc3cccc(NC(=O)c4ccco4)c3)o2)cc1C. The zero-order valence-corrected chi connectivity index (χ0v) is 16.6. The molecule has 4 aromatic rings. The van der Waals surface area contributed by atoms with Crippen molar-refractivity contribution in [1.82, 2.24) is 0 Å². The number of furan rings is 2. The lowest BCUT2D eigenvalue weighted by Gasteiger charge is -2.07. The predicted octanol–water partition coefficient (Wildman–Crippen LogP) is 5.66. The molecule has 2 amide bonds. The third-order valence-corrected chi connectivity index (χ3v) is 4.74. The van der Waals surface area contributed by atoms with Gasteiger partial charge in [0.05, 0.1) is 6.26 Å². The highest BCUT2D eigenvalue weighted by atomic mass is 16.4. The third-order valence-electron chi connectivity index (χ3n) is 4.74. The quantitative estimate of drug-likeness (QED) is 0.453. The first kappa shape index (κ1) is 19.3. The van der Waals surface area contributed by atoms with Gasteiger partial charge in [-0.1, -0.05) is 18.2 Å². The van der Waals surface area contributed by atoms with Gasteiger partial charge in [-0.2, -0.15) is 0 Å². The number of hydrogen-bond donors (Lipinski definition) is 2. The van der Waals surface area contributed by atoms with E-state index in [2.05, 4.69) is 10.6 Å². The Bertz CT molecular complexity index is 1210. The monoisotopic (exact) mass is 400 g/mol. The molecular weight excluding hydrogens is 380 g/mol. The maximum Gasteiger partial charge on any atom is 0.291 e. The van der Waals surface area contributed by atoms with Crippen molar-refractivity contribution in [2.75, 3.05) is 10.6 Å². The van der Waals surface area contributed by atoms with Gasteiger partial charge in [0, 0.05) is 16.9 Å². The highest BCUT2D eigenvalue weighted by Crippen LogP contribution is 2.25. The summed E-state index contributed by atoms with van der Waals surface area (Å²) in [6.07, 6.45) is 1.43. The Kier molecular flexibility index (Phi) is 5.22. The van der Waals surface area contributed by atoms with Crippen molar-refractivity contribution >= 4 is 23.2 Å². The molecule has 4 rings (SSSR count). The van der Waals surface area contributed by atoms with Crippen LogP contribution in [0, 0.1) is 13.8 Å². The molecule has 150 valence electrons. The number of rotatable bonds is 5. The largest absolute Gasteiger partial charge is 0.459 e. The van der Waals surface area contributed by atoms with Crippen molar-refractivity contribution in [3.63, 3.8) is 0 Å². The normalized spacial score (nSPS) is 10.6. The van der Waals surface area contributed by atoms with E-state index in [0.717, 1.165) is 11.1 Å². The fourth-order valence-corrected chi connectivity index (χ4v) is 2.98. The average molecular weight is 400 g/mol. The molecule has 0 saturated carbocycles. The highest BCUT2D eigenvalue weighted by molar-refractivity contribution is 6.04. The molecule has 2 N–H and O–H groups in total. The summed E-state index contributed by atoms with van der Waals surface area (Å²) >= 11 is 0. The van der Waals surface area contributed by atoms with Crippen LogP contribution in [0.1, 0.15) is 32.2 Å².